The number of hydrogen-bond donors (Lipinski definition) is 1. The third-order valence-corrected chi connectivity index (χ3v) is 4.40. The topological polar surface area (TPSA) is 67.3 Å². The van der Waals surface area contributed by atoms with Gasteiger partial charge in [-0.15, -0.1) is 11.3 Å². The van der Waals surface area contributed by atoms with E-state index >= 15 is 0 Å². The van der Waals surface area contributed by atoms with Gasteiger partial charge in [-0.25, -0.2) is 4.98 Å². The lowest BCUT2D eigenvalue weighted by Gasteiger charge is -2.07. The molecule has 0 saturated carbocycles. The van der Waals surface area contributed by atoms with Gasteiger partial charge in [-0.1, -0.05) is 6.92 Å². The summed E-state index contributed by atoms with van der Waals surface area (Å²) in [6, 6.07) is 0. The van der Waals surface area contributed by atoms with Crippen molar-refractivity contribution in [2.45, 2.75) is 24.3 Å². The number of carbonyl (C=O) groups is 1. The molecule has 1 N–H and O–H groups in total. The lowest BCUT2D eigenvalue weighted by Crippen LogP contribution is -2.25. The molecule has 1 aromatic heterocycles. The van der Waals surface area contributed by atoms with E-state index in [1.54, 1.807) is 18.5 Å². The van der Waals surface area contributed by atoms with E-state index in [9.17, 15) is 9.00 Å². The fraction of sp³-hybridized carbons (Fsp3) is 0.500. The van der Waals surface area contributed by atoms with Gasteiger partial charge in [0.05, 0.1) is 5.75 Å². The first kappa shape index (κ1) is 11.3. The van der Waals surface area contributed by atoms with Crippen LogP contribution in [0.5, 0.6) is 0 Å². The largest absolute Gasteiger partial charge is 0.480 e. The van der Waals surface area contributed by atoms with Crippen LogP contribution in [-0.4, -0.2) is 25.5 Å². The zero-order valence-electron chi connectivity index (χ0n) is 7.67. The Morgan fingerprint density at radius 1 is 1.79 bits per heavy atom. The molecule has 1 rings (SSSR count). The average molecular weight is 233 g/mol. The minimum Gasteiger partial charge on any atom is -0.480 e. The maximum atomic E-state index is 11.6. The minimum atomic E-state index is -1.37. The number of aromatic nitrogens is 1. The molecule has 2 unspecified atom stereocenters. The van der Waals surface area contributed by atoms with E-state index in [0.29, 0.717) is 6.42 Å². The quantitative estimate of drug-likeness (QED) is 0.831. The number of carboxylic acids is 1. The molecule has 6 heteroatoms. The number of nitrogens with zero attached hydrogens (tertiary/aromatic N) is 1. The SMILES string of the molecule is CCC(C(=O)O)S(=O)Cc1nccs1. The smallest absolute Gasteiger partial charge is 0.319 e. The van der Waals surface area contributed by atoms with Crippen LogP contribution < -0.4 is 0 Å². The highest BCUT2D eigenvalue weighted by atomic mass is 32.2. The Hall–Kier alpha value is -0.750. The summed E-state index contributed by atoms with van der Waals surface area (Å²) in [5, 5.41) is 10.5. The Bertz CT molecular complexity index is 323. The molecule has 4 nitrogen and oxygen atoms in total. The van der Waals surface area contributed by atoms with Gasteiger partial charge < -0.3 is 5.11 Å². The number of hydrogen-bond acceptors (Lipinski definition) is 4. The molecule has 0 saturated heterocycles. The standard InChI is InChI=1S/C8H11NO3S2/c1-2-6(8(10)11)14(12)5-7-9-3-4-13-7/h3-4,6H,2,5H2,1H3,(H,10,11). The van der Waals surface area contributed by atoms with Crippen molar-refractivity contribution in [3.63, 3.8) is 0 Å². The summed E-state index contributed by atoms with van der Waals surface area (Å²) >= 11 is 1.39. The van der Waals surface area contributed by atoms with Crippen LogP contribution in [0.3, 0.4) is 0 Å². The molecular weight excluding hydrogens is 222 g/mol. The lowest BCUT2D eigenvalue weighted by atomic mass is 10.3. The Balaban J connectivity index is 2.61. The van der Waals surface area contributed by atoms with Gasteiger partial charge in [0.1, 0.15) is 10.3 Å². The van der Waals surface area contributed by atoms with Crippen LogP contribution in [0.1, 0.15) is 18.4 Å². The Morgan fingerprint density at radius 2 is 2.50 bits per heavy atom. The van der Waals surface area contributed by atoms with E-state index in [4.69, 9.17) is 5.11 Å². The molecular formula is C8H11NO3S2. The van der Waals surface area contributed by atoms with Crippen molar-refractivity contribution in [1.29, 1.82) is 0 Å². The molecule has 0 fully saturated rings. The molecule has 2 atom stereocenters. The minimum absolute atomic E-state index is 0.239. The molecule has 0 aromatic carbocycles. The Morgan fingerprint density at radius 3 is 2.93 bits per heavy atom. The average Bonchev–Trinajstić information content (AvgIpc) is 2.57. The lowest BCUT2D eigenvalue weighted by molar-refractivity contribution is -0.136. The van der Waals surface area contributed by atoms with E-state index in [2.05, 4.69) is 4.98 Å². The Labute approximate surface area is 88.4 Å². The number of thiazole rings is 1. The van der Waals surface area contributed by atoms with Crippen LogP contribution in [0.2, 0.25) is 0 Å². The monoisotopic (exact) mass is 233 g/mol. The predicted octanol–water partition coefficient (Wildman–Crippen LogP) is 1.26. The molecule has 78 valence electrons. The highest BCUT2D eigenvalue weighted by Gasteiger charge is 2.23. The third-order valence-electron chi connectivity index (χ3n) is 1.71. The molecule has 0 bridgehead atoms. The molecule has 0 aliphatic rings. The Kier molecular flexibility index (Phi) is 4.21. The third kappa shape index (κ3) is 2.88. The van der Waals surface area contributed by atoms with Crippen molar-refractivity contribution in [3.05, 3.63) is 16.6 Å². The van der Waals surface area contributed by atoms with Crippen molar-refractivity contribution in [1.82, 2.24) is 4.98 Å². The molecule has 0 aliphatic carbocycles. The number of aliphatic carboxylic acids is 1. The molecule has 0 spiro atoms. The second-order valence-corrected chi connectivity index (χ2v) is 5.28. The van der Waals surface area contributed by atoms with Crippen LogP contribution in [0.15, 0.2) is 11.6 Å². The zero-order chi connectivity index (χ0) is 10.6. The molecule has 0 radical (unpaired) electrons. The predicted molar refractivity (Wildman–Crippen MR) is 55.7 cm³/mol. The van der Waals surface area contributed by atoms with E-state index in [0.717, 1.165) is 5.01 Å². The second-order valence-electron chi connectivity index (χ2n) is 2.69. The van der Waals surface area contributed by atoms with Gasteiger partial charge >= 0.3 is 5.97 Å². The van der Waals surface area contributed by atoms with Gasteiger partial charge in [-0.2, -0.15) is 0 Å². The number of carboxylic acid groups (broad SMARTS) is 1. The first-order chi connectivity index (χ1) is 6.65. The van der Waals surface area contributed by atoms with Gasteiger partial charge in [-0.05, 0) is 6.42 Å². The summed E-state index contributed by atoms with van der Waals surface area (Å²) in [6.45, 7) is 1.72. The van der Waals surface area contributed by atoms with Gasteiger partial charge in [0, 0.05) is 22.4 Å². The molecule has 14 heavy (non-hydrogen) atoms. The van der Waals surface area contributed by atoms with Gasteiger partial charge in [0.15, 0.2) is 0 Å². The first-order valence-electron chi connectivity index (χ1n) is 4.13. The van der Waals surface area contributed by atoms with Crippen LogP contribution in [-0.2, 0) is 21.3 Å². The molecule has 0 aliphatic heterocycles. The first-order valence-corrected chi connectivity index (χ1v) is 6.39. The maximum Gasteiger partial charge on any atom is 0.319 e. The highest BCUT2D eigenvalue weighted by Crippen LogP contribution is 2.12. The van der Waals surface area contributed by atoms with Crippen molar-refractivity contribution in [2.75, 3.05) is 0 Å². The molecule has 1 heterocycles. The van der Waals surface area contributed by atoms with Crippen LogP contribution >= 0.6 is 11.3 Å². The normalized spacial score (nSPS) is 14.9. The highest BCUT2D eigenvalue weighted by molar-refractivity contribution is 7.85. The van der Waals surface area contributed by atoms with Crippen molar-refractivity contribution in [2.24, 2.45) is 0 Å². The van der Waals surface area contributed by atoms with Crippen LogP contribution in [0.25, 0.3) is 0 Å². The second kappa shape index (κ2) is 5.21. The van der Waals surface area contributed by atoms with Crippen molar-refractivity contribution in [3.8, 4) is 0 Å². The van der Waals surface area contributed by atoms with Gasteiger partial charge in [0.25, 0.3) is 0 Å². The van der Waals surface area contributed by atoms with E-state index in [1.165, 1.54) is 11.3 Å². The molecule has 1 aromatic rings. The fourth-order valence-electron chi connectivity index (χ4n) is 1.02. The summed E-state index contributed by atoms with van der Waals surface area (Å²) in [5.41, 5.74) is 0. The van der Waals surface area contributed by atoms with E-state index in [1.807, 2.05) is 0 Å². The zero-order valence-corrected chi connectivity index (χ0v) is 9.31. The van der Waals surface area contributed by atoms with E-state index < -0.39 is 22.0 Å². The number of rotatable bonds is 5. The fourth-order valence-corrected chi connectivity index (χ4v) is 3.16. The summed E-state index contributed by atoms with van der Waals surface area (Å²) in [4.78, 5) is 14.7. The summed E-state index contributed by atoms with van der Waals surface area (Å²) in [5.74, 6) is -0.759. The van der Waals surface area contributed by atoms with Gasteiger partial charge in [0.2, 0.25) is 0 Å². The molecule has 0 amide bonds. The van der Waals surface area contributed by atoms with Crippen LogP contribution in [0.4, 0.5) is 0 Å². The maximum absolute atomic E-state index is 11.6. The summed E-state index contributed by atoms with van der Waals surface area (Å²) < 4.78 is 11.6. The van der Waals surface area contributed by atoms with Crippen molar-refractivity contribution < 1.29 is 14.1 Å². The van der Waals surface area contributed by atoms with Crippen LogP contribution in [0, 0.1) is 0 Å². The summed E-state index contributed by atoms with van der Waals surface area (Å²) in [7, 11) is -1.37. The van der Waals surface area contributed by atoms with Gasteiger partial charge in [-0.3, -0.25) is 9.00 Å². The van der Waals surface area contributed by atoms with Crippen molar-refractivity contribution >= 4 is 28.1 Å². The van der Waals surface area contributed by atoms with E-state index in [-0.39, 0.29) is 5.75 Å². The summed E-state index contributed by atoms with van der Waals surface area (Å²) in [6.07, 6.45) is 2.01.